The number of benzene rings is 1. The Morgan fingerprint density at radius 1 is 1.14 bits per heavy atom. The lowest BCUT2D eigenvalue weighted by Crippen LogP contribution is -2.40. The fourth-order valence-electron chi connectivity index (χ4n) is 3.55. The SMILES string of the molecule is COc1cc2c(cc1OC)O[C@]1(C=C[C@@H](C(C)C)CC1)CC2. The summed E-state index contributed by atoms with van der Waals surface area (Å²) < 4.78 is 17.2. The Morgan fingerprint density at radius 3 is 2.45 bits per heavy atom. The molecule has 1 aliphatic carbocycles. The van der Waals surface area contributed by atoms with Gasteiger partial charge in [-0.05, 0) is 55.2 Å². The molecular weight excluding hydrogens is 276 g/mol. The molecule has 3 nitrogen and oxygen atoms in total. The van der Waals surface area contributed by atoms with Crippen molar-refractivity contribution in [1.29, 1.82) is 0 Å². The average molecular weight is 302 g/mol. The Bertz CT molecular complexity index is 576. The first-order chi connectivity index (χ1) is 10.6. The van der Waals surface area contributed by atoms with Gasteiger partial charge in [-0.15, -0.1) is 0 Å². The molecule has 1 aromatic carbocycles. The molecule has 0 radical (unpaired) electrons. The Labute approximate surface area is 133 Å². The molecule has 1 heterocycles. The third kappa shape index (κ3) is 2.69. The summed E-state index contributed by atoms with van der Waals surface area (Å²) in [5, 5.41) is 0. The molecule has 2 atom stereocenters. The van der Waals surface area contributed by atoms with Crippen LogP contribution in [0.5, 0.6) is 17.2 Å². The molecule has 0 bridgehead atoms. The lowest BCUT2D eigenvalue weighted by molar-refractivity contribution is 0.0694. The van der Waals surface area contributed by atoms with E-state index in [0.717, 1.165) is 36.5 Å². The van der Waals surface area contributed by atoms with E-state index in [0.29, 0.717) is 11.8 Å². The summed E-state index contributed by atoms with van der Waals surface area (Å²) in [6.45, 7) is 4.59. The first-order valence-electron chi connectivity index (χ1n) is 8.20. The van der Waals surface area contributed by atoms with Gasteiger partial charge in [-0.1, -0.05) is 19.9 Å². The summed E-state index contributed by atoms with van der Waals surface area (Å²) in [7, 11) is 3.34. The molecule has 0 aromatic heterocycles. The van der Waals surface area contributed by atoms with Gasteiger partial charge >= 0.3 is 0 Å². The first-order valence-corrected chi connectivity index (χ1v) is 8.20. The molecule has 1 spiro atoms. The van der Waals surface area contributed by atoms with E-state index in [4.69, 9.17) is 14.2 Å². The second kappa shape index (κ2) is 5.86. The zero-order valence-corrected chi connectivity index (χ0v) is 14.0. The number of rotatable bonds is 3. The van der Waals surface area contributed by atoms with Crippen LogP contribution in [-0.4, -0.2) is 19.8 Å². The molecule has 22 heavy (non-hydrogen) atoms. The van der Waals surface area contributed by atoms with Crippen molar-refractivity contribution in [1.82, 2.24) is 0 Å². The van der Waals surface area contributed by atoms with Crippen LogP contribution in [0.1, 0.15) is 38.7 Å². The van der Waals surface area contributed by atoms with Gasteiger partial charge in [0.2, 0.25) is 0 Å². The number of aryl methyl sites for hydroxylation is 1. The van der Waals surface area contributed by atoms with Crippen molar-refractivity contribution in [2.45, 2.75) is 45.1 Å². The van der Waals surface area contributed by atoms with E-state index >= 15 is 0 Å². The minimum Gasteiger partial charge on any atom is -0.493 e. The van der Waals surface area contributed by atoms with Crippen molar-refractivity contribution >= 4 is 0 Å². The lowest BCUT2D eigenvalue weighted by atomic mass is 9.77. The van der Waals surface area contributed by atoms with Crippen molar-refractivity contribution in [3.8, 4) is 17.2 Å². The highest BCUT2D eigenvalue weighted by atomic mass is 16.5. The van der Waals surface area contributed by atoms with Crippen LogP contribution in [0.4, 0.5) is 0 Å². The zero-order valence-electron chi connectivity index (χ0n) is 14.0. The largest absolute Gasteiger partial charge is 0.493 e. The van der Waals surface area contributed by atoms with Gasteiger partial charge in [-0.25, -0.2) is 0 Å². The fourth-order valence-corrected chi connectivity index (χ4v) is 3.55. The van der Waals surface area contributed by atoms with E-state index in [-0.39, 0.29) is 5.60 Å². The maximum Gasteiger partial charge on any atom is 0.164 e. The van der Waals surface area contributed by atoms with E-state index < -0.39 is 0 Å². The van der Waals surface area contributed by atoms with Crippen LogP contribution >= 0.6 is 0 Å². The summed E-state index contributed by atoms with van der Waals surface area (Å²) in [5.41, 5.74) is 1.08. The highest BCUT2D eigenvalue weighted by Crippen LogP contribution is 2.44. The van der Waals surface area contributed by atoms with E-state index in [9.17, 15) is 0 Å². The monoisotopic (exact) mass is 302 g/mol. The third-order valence-electron chi connectivity index (χ3n) is 5.10. The molecule has 3 heteroatoms. The van der Waals surface area contributed by atoms with Crippen LogP contribution in [0, 0.1) is 11.8 Å². The number of allylic oxidation sites excluding steroid dienone is 1. The minimum absolute atomic E-state index is 0.127. The Morgan fingerprint density at radius 2 is 1.86 bits per heavy atom. The maximum atomic E-state index is 6.41. The molecule has 0 saturated heterocycles. The van der Waals surface area contributed by atoms with Gasteiger partial charge in [0.25, 0.3) is 0 Å². The molecule has 0 unspecified atom stereocenters. The molecule has 120 valence electrons. The van der Waals surface area contributed by atoms with E-state index in [1.165, 1.54) is 12.0 Å². The predicted molar refractivity (Wildman–Crippen MR) is 87.9 cm³/mol. The topological polar surface area (TPSA) is 27.7 Å². The Kier molecular flexibility index (Phi) is 4.07. The van der Waals surface area contributed by atoms with Crippen molar-refractivity contribution in [2.24, 2.45) is 11.8 Å². The van der Waals surface area contributed by atoms with Crippen LogP contribution in [-0.2, 0) is 6.42 Å². The van der Waals surface area contributed by atoms with Gasteiger partial charge in [0.05, 0.1) is 14.2 Å². The summed E-state index contributed by atoms with van der Waals surface area (Å²) in [6.07, 6.45) is 9.03. The number of methoxy groups -OCH3 is 2. The first kappa shape index (κ1) is 15.3. The highest BCUT2D eigenvalue weighted by Gasteiger charge is 2.37. The molecule has 2 aliphatic rings. The molecule has 1 aromatic rings. The summed E-state index contributed by atoms with van der Waals surface area (Å²) >= 11 is 0. The van der Waals surface area contributed by atoms with Gasteiger partial charge in [0, 0.05) is 6.07 Å². The minimum atomic E-state index is -0.127. The van der Waals surface area contributed by atoms with Gasteiger partial charge in [0.15, 0.2) is 11.5 Å². The fraction of sp³-hybridized carbons (Fsp3) is 0.579. The second-order valence-corrected chi connectivity index (χ2v) is 6.79. The molecule has 3 rings (SSSR count). The van der Waals surface area contributed by atoms with Gasteiger partial charge < -0.3 is 14.2 Å². The van der Waals surface area contributed by atoms with Crippen LogP contribution < -0.4 is 14.2 Å². The Balaban J connectivity index is 1.86. The molecular formula is C19H26O3. The molecule has 0 fully saturated rings. The van der Waals surface area contributed by atoms with E-state index in [1.54, 1.807) is 14.2 Å². The molecule has 1 aliphatic heterocycles. The van der Waals surface area contributed by atoms with Crippen LogP contribution in [0.3, 0.4) is 0 Å². The maximum absolute atomic E-state index is 6.41. The smallest absolute Gasteiger partial charge is 0.164 e. The summed E-state index contributed by atoms with van der Waals surface area (Å²) in [5.74, 6) is 3.84. The van der Waals surface area contributed by atoms with E-state index in [2.05, 4.69) is 26.0 Å². The zero-order chi connectivity index (χ0) is 15.7. The standard InChI is InChI=1S/C19H26O3/c1-13(2)14-5-8-19(9-6-14)10-7-15-11-17(20-3)18(21-4)12-16(15)22-19/h5,8,11-14H,6-7,9-10H2,1-4H3/t14-,19+/m1/s1. The van der Waals surface area contributed by atoms with Crippen LogP contribution in [0.2, 0.25) is 0 Å². The Hall–Kier alpha value is -1.64. The predicted octanol–water partition coefficient (Wildman–Crippen LogP) is 4.39. The van der Waals surface area contributed by atoms with Gasteiger partial charge in [-0.3, -0.25) is 0 Å². The van der Waals surface area contributed by atoms with Crippen LogP contribution in [0.15, 0.2) is 24.3 Å². The number of hydrogen-bond acceptors (Lipinski definition) is 3. The lowest BCUT2D eigenvalue weighted by Gasteiger charge is -2.40. The molecule has 0 N–H and O–H groups in total. The molecule has 0 saturated carbocycles. The number of hydrogen-bond donors (Lipinski definition) is 0. The normalized spacial score (nSPS) is 26.7. The number of fused-ring (bicyclic) bond motifs is 1. The van der Waals surface area contributed by atoms with E-state index in [1.807, 2.05) is 12.1 Å². The second-order valence-electron chi connectivity index (χ2n) is 6.79. The van der Waals surface area contributed by atoms with Crippen molar-refractivity contribution in [3.05, 3.63) is 29.8 Å². The van der Waals surface area contributed by atoms with Crippen LogP contribution in [0.25, 0.3) is 0 Å². The van der Waals surface area contributed by atoms with Crippen molar-refractivity contribution in [3.63, 3.8) is 0 Å². The molecule has 0 amide bonds. The summed E-state index contributed by atoms with van der Waals surface area (Å²) in [4.78, 5) is 0. The third-order valence-corrected chi connectivity index (χ3v) is 5.10. The quantitative estimate of drug-likeness (QED) is 0.775. The average Bonchev–Trinajstić information content (AvgIpc) is 2.54. The van der Waals surface area contributed by atoms with Crippen molar-refractivity contribution in [2.75, 3.05) is 14.2 Å². The van der Waals surface area contributed by atoms with Gasteiger partial charge in [0.1, 0.15) is 11.4 Å². The highest BCUT2D eigenvalue weighted by molar-refractivity contribution is 5.52. The summed E-state index contributed by atoms with van der Waals surface area (Å²) in [6, 6.07) is 4.02. The number of ether oxygens (including phenoxy) is 3. The van der Waals surface area contributed by atoms with Crippen molar-refractivity contribution < 1.29 is 14.2 Å². The van der Waals surface area contributed by atoms with Gasteiger partial charge in [-0.2, -0.15) is 0 Å².